The van der Waals surface area contributed by atoms with Crippen molar-refractivity contribution in [2.24, 2.45) is 0 Å². The van der Waals surface area contributed by atoms with Crippen molar-refractivity contribution >= 4 is 28.3 Å². The average molecular weight is 438 g/mol. The number of carbonyl (C=O) groups is 1. The summed E-state index contributed by atoms with van der Waals surface area (Å²) in [4.78, 5) is 14.7. The molecule has 3 aromatic rings. The van der Waals surface area contributed by atoms with Crippen molar-refractivity contribution in [1.82, 2.24) is 15.5 Å². The Labute approximate surface area is 188 Å². The van der Waals surface area contributed by atoms with Crippen molar-refractivity contribution in [3.8, 4) is 5.75 Å². The van der Waals surface area contributed by atoms with Gasteiger partial charge in [-0.2, -0.15) is 0 Å². The van der Waals surface area contributed by atoms with Crippen molar-refractivity contribution in [2.75, 3.05) is 20.7 Å². The number of hydrogen-bond donors (Lipinski definition) is 2. The summed E-state index contributed by atoms with van der Waals surface area (Å²) in [5, 5.41) is 9.51. The van der Waals surface area contributed by atoms with E-state index in [-0.39, 0.29) is 18.0 Å². The molecule has 2 N–H and O–H groups in total. The lowest BCUT2D eigenvalue weighted by molar-refractivity contribution is -0.125. The van der Waals surface area contributed by atoms with E-state index >= 15 is 0 Å². The van der Waals surface area contributed by atoms with Gasteiger partial charge in [0.25, 0.3) is 0 Å². The number of nitrogens with one attached hydrogen (secondary N) is 2. The first-order valence-corrected chi connectivity index (χ1v) is 11.0. The number of amides is 1. The van der Waals surface area contributed by atoms with Crippen LogP contribution in [0.2, 0.25) is 5.02 Å². The highest BCUT2D eigenvalue weighted by Gasteiger charge is 2.36. The molecule has 0 aliphatic carbocycles. The third-order valence-electron chi connectivity index (χ3n) is 6.06. The number of nitrogens with zero attached hydrogens (tertiary/aromatic N) is 1. The lowest BCUT2D eigenvalue weighted by Crippen LogP contribution is -2.41. The number of halogens is 1. The molecule has 4 rings (SSSR count). The summed E-state index contributed by atoms with van der Waals surface area (Å²) in [6.07, 6.45) is 0.762. The summed E-state index contributed by atoms with van der Waals surface area (Å²) in [6, 6.07) is 20.3. The van der Waals surface area contributed by atoms with E-state index in [9.17, 15) is 4.79 Å². The van der Waals surface area contributed by atoms with Crippen molar-refractivity contribution in [3.05, 3.63) is 76.8 Å². The number of methoxy groups -OCH3 is 1. The number of rotatable bonds is 7. The maximum Gasteiger partial charge on any atom is 0.237 e. The molecule has 3 aromatic carbocycles. The first-order valence-electron chi connectivity index (χ1n) is 10.6. The van der Waals surface area contributed by atoms with Gasteiger partial charge in [-0.1, -0.05) is 60.1 Å². The first kappa shape index (κ1) is 21.6. The molecular weight excluding hydrogens is 410 g/mol. The fourth-order valence-corrected chi connectivity index (χ4v) is 4.63. The Morgan fingerprint density at radius 2 is 1.81 bits per heavy atom. The van der Waals surface area contributed by atoms with Gasteiger partial charge in [-0.25, -0.2) is 0 Å². The molecule has 0 spiro atoms. The van der Waals surface area contributed by atoms with Crippen LogP contribution in [-0.4, -0.2) is 43.6 Å². The predicted molar refractivity (Wildman–Crippen MR) is 125 cm³/mol. The van der Waals surface area contributed by atoms with Gasteiger partial charge in [-0.3, -0.25) is 9.69 Å². The molecule has 0 radical (unpaired) electrons. The van der Waals surface area contributed by atoms with Crippen LogP contribution >= 0.6 is 11.6 Å². The Hall–Kier alpha value is -2.60. The molecule has 0 aromatic heterocycles. The second kappa shape index (κ2) is 9.69. The van der Waals surface area contributed by atoms with Crippen LogP contribution in [0.1, 0.15) is 17.5 Å². The van der Waals surface area contributed by atoms with Gasteiger partial charge in [0.05, 0.1) is 13.2 Å². The van der Waals surface area contributed by atoms with Crippen molar-refractivity contribution < 1.29 is 9.53 Å². The van der Waals surface area contributed by atoms with E-state index in [4.69, 9.17) is 16.3 Å². The smallest absolute Gasteiger partial charge is 0.237 e. The van der Waals surface area contributed by atoms with E-state index in [0.29, 0.717) is 6.54 Å². The largest absolute Gasteiger partial charge is 0.496 e. The summed E-state index contributed by atoms with van der Waals surface area (Å²) in [5.74, 6) is 0.928. The molecule has 1 heterocycles. The number of fused-ring (bicyclic) bond motifs is 1. The second-order valence-electron chi connectivity index (χ2n) is 7.94. The summed E-state index contributed by atoms with van der Waals surface area (Å²) in [5.41, 5.74) is 2.26. The molecule has 1 amide bonds. The number of carbonyl (C=O) groups excluding carboxylic acids is 1. The van der Waals surface area contributed by atoms with E-state index in [1.54, 1.807) is 14.2 Å². The molecule has 162 valence electrons. The minimum atomic E-state index is -0.175. The van der Waals surface area contributed by atoms with Crippen LogP contribution in [0.3, 0.4) is 0 Å². The highest BCUT2D eigenvalue weighted by atomic mass is 35.5. The highest BCUT2D eigenvalue weighted by molar-refractivity contribution is 6.31. The predicted octanol–water partition coefficient (Wildman–Crippen LogP) is 3.98. The normalized spacial score (nSPS) is 18.9. The summed E-state index contributed by atoms with van der Waals surface area (Å²) in [7, 11) is 3.39. The molecule has 2 atom stereocenters. The maximum absolute atomic E-state index is 12.5. The third-order valence-corrected chi connectivity index (χ3v) is 6.43. The molecule has 0 saturated carbocycles. The van der Waals surface area contributed by atoms with E-state index in [1.165, 1.54) is 10.9 Å². The lowest BCUT2D eigenvalue weighted by Gasteiger charge is -2.23. The Morgan fingerprint density at radius 3 is 2.55 bits per heavy atom. The van der Waals surface area contributed by atoms with Crippen LogP contribution in [0.15, 0.2) is 60.7 Å². The molecule has 1 fully saturated rings. The Balaban J connectivity index is 1.49. The summed E-state index contributed by atoms with van der Waals surface area (Å²) >= 11 is 6.37. The lowest BCUT2D eigenvalue weighted by atomic mass is 10.0. The summed E-state index contributed by atoms with van der Waals surface area (Å²) in [6.45, 7) is 2.17. The van der Waals surface area contributed by atoms with E-state index in [2.05, 4.69) is 33.7 Å². The van der Waals surface area contributed by atoms with Gasteiger partial charge in [-0.15, -0.1) is 0 Å². The zero-order valence-electron chi connectivity index (χ0n) is 17.9. The molecule has 0 bridgehead atoms. The van der Waals surface area contributed by atoms with Crippen LogP contribution in [-0.2, 0) is 17.9 Å². The van der Waals surface area contributed by atoms with Crippen LogP contribution in [0.4, 0.5) is 0 Å². The topological polar surface area (TPSA) is 53.6 Å². The van der Waals surface area contributed by atoms with Gasteiger partial charge >= 0.3 is 0 Å². The fourth-order valence-electron chi connectivity index (χ4n) is 4.43. The van der Waals surface area contributed by atoms with E-state index < -0.39 is 0 Å². The van der Waals surface area contributed by atoms with Crippen LogP contribution in [0, 0.1) is 0 Å². The molecular formula is C25H28ClN3O2. The molecule has 0 unspecified atom stereocenters. The van der Waals surface area contributed by atoms with E-state index in [1.807, 2.05) is 42.5 Å². The molecule has 5 nitrogen and oxygen atoms in total. The Bertz CT molecular complexity index is 1070. The monoisotopic (exact) mass is 437 g/mol. The Morgan fingerprint density at radius 1 is 1.06 bits per heavy atom. The van der Waals surface area contributed by atoms with Crippen molar-refractivity contribution in [1.29, 1.82) is 0 Å². The molecule has 31 heavy (non-hydrogen) atoms. The van der Waals surface area contributed by atoms with E-state index in [0.717, 1.165) is 41.2 Å². The minimum Gasteiger partial charge on any atom is -0.496 e. The highest BCUT2D eigenvalue weighted by Crippen LogP contribution is 2.29. The second-order valence-corrected chi connectivity index (χ2v) is 8.34. The molecule has 1 saturated heterocycles. The third kappa shape index (κ3) is 4.69. The van der Waals surface area contributed by atoms with Crippen molar-refractivity contribution in [3.63, 3.8) is 0 Å². The van der Waals surface area contributed by atoms with Crippen molar-refractivity contribution in [2.45, 2.75) is 31.6 Å². The van der Waals surface area contributed by atoms with Gasteiger partial charge < -0.3 is 15.4 Å². The quantitative estimate of drug-likeness (QED) is 0.587. The van der Waals surface area contributed by atoms with Gasteiger partial charge in [0.15, 0.2) is 0 Å². The molecule has 6 heteroatoms. The zero-order chi connectivity index (χ0) is 21.8. The van der Waals surface area contributed by atoms with Crippen LogP contribution in [0.5, 0.6) is 5.75 Å². The standard InChI is InChI=1S/C25H28ClN3O2/c1-27-25(30)23-13-19(16-29(23)15-18-7-3-6-10-22(18)26)28-14-17-11-12-24(31-2)21-9-5-4-8-20(17)21/h3-12,19,23,28H,13-16H2,1-2H3,(H,27,30)/t19-,23-/m0/s1. The van der Waals surface area contributed by atoms with Gasteiger partial charge in [-0.05, 0) is 35.1 Å². The number of likely N-dealkylation sites (tertiary alicyclic amines) is 1. The van der Waals surface area contributed by atoms with Crippen LogP contribution in [0.25, 0.3) is 10.8 Å². The number of hydrogen-bond acceptors (Lipinski definition) is 4. The number of likely N-dealkylation sites (N-methyl/N-ethyl adjacent to an activating group) is 1. The fraction of sp³-hybridized carbons (Fsp3) is 0.320. The maximum atomic E-state index is 12.5. The first-order chi connectivity index (χ1) is 15.1. The molecule has 1 aliphatic rings. The van der Waals surface area contributed by atoms with Crippen LogP contribution < -0.4 is 15.4 Å². The summed E-state index contributed by atoms with van der Waals surface area (Å²) < 4.78 is 5.51. The van der Waals surface area contributed by atoms with Gasteiger partial charge in [0.2, 0.25) is 5.91 Å². The molecule has 1 aliphatic heterocycles. The minimum absolute atomic E-state index is 0.0475. The SMILES string of the molecule is CNC(=O)[C@@H]1C[C@H](NCc2ccc(OC)c3ccccc23)CN1Cc1ccccc1Cl. The Kier molecular flexibility index (Phi) is 6.76. The van der Waals surface area contributed by atoms with Gasteiger partial charge in [0.1, 0.15) is 5.75 Å². The number of benzene rings is 3. The zero-order valence-corrected chi connectivity index (χ0v) is 18.7. The van der Waals surface area contributed by atoms with Gasteiger partial charge in [0, 0.05) is 43.1 Å². The average Bonchev–Trinajstić information content (AvgIpc) is 3.21. The number of ether oxygens (including phenoxy) is 1.